The summed E-state index contributed by atoms with van der Waals surface area (Å²) in [6.45, 7) is 5.09. The highest BCUT2D eigenvalue weighted by Gasteiger charge is 2.13. The number of benzene rings is 2. The maximum atomic E-state index is 7.50. The number of hydrogen-bond donors (Lipinski definition) is 2. The predicted molar refractivity (Wildman–Crippen MR) is 89.0 cm³/mol. The van der Waals surface area contributed by atoms with Crippen molar-refractivity contribution in [1.29, 1.82) is 5.41 Å². The molecule has 0 heterocycles. The highest BCUT2D eigenvalue weighted by Crippen LogP contribution is 2.34. The third kappa shape index (κ3) is 2.85. The Kier molecular flexibility index (Phi) is 4.45. The number of nitrogens with one attached hydrogen (secondary N) is 1. The lowest BCUT2D eigenvalue weighted by Gasteiger charge is -2.26. The molecular formula is C16H18BrN3. The maximum absolute atomic E-state index is 7.50. The predicted octanol–water partition coefficient (Wildman–Crippen LogP) is 4.20. The number of amidine groups is 1. The van der Waals surface area contributed by atoms with Crippen LogP contribution in [-0.4, -0.2) is 12.4 Å². The second-order valence-corrected chi connectivity index (χ2v) is 5.46. The normalized spacial score (nSPS) is 10.3. The van der Waals surface area contributed by atoms with Gasteiger partial charge in [0.15, 0.2) is 0 Å². The molecule has 3 N–H and O–H groups in total. The van der Waals surface area contributed by atoms with Crippen molar-refractivity contribution in [2.75, 3.05) is 11.4 Å². The average Bonchev–Trinajstić information content (AvgIpc) is 2.43. The van der Waals surface area contributed by atoms with Crippen molar-refractivity contribution in [3.05, 3.63) is 58.1 Å². The Morgan fingerprint density at radius 2 is 1.90 bits per heavy atom. The first-order valence-corrected chi connectivity index (χ1v) is 7.31. The molecule has 0 aliphatic carbocycles. The Balaban J connectivity index is 2.48. The third-order valence-corrected chi connectivity index (χ3v) is 3.91. The molecule has 0 aliphatic heterocycles. The van der Waals surface area contributed by atoms with Crippen LogP contribution < -0.4 is 10.6 Å². The van der Waals surface area contributed by atoms with E-state index in [2.05, 4.69) is 46.8 Å². The number of nitrogens with two attached hydrogens (primary N) is 1. The summed E-state index contributed by atoms with van der Waals surface area (Å²) in [5, 5.41) is 7.50. The van der Waals surface area contributed by atoms with Crippen molar-refractivity contribution in [2.45, 2.75) is 13.8 Å². The van der Waals surface area contributed by atoms with Gasteiger partial charge in [0.2, 0.25) is 0 Å². The summed E-state index contributed by atoms with van der Waals surface area (Å²) in [5.41, 5.74) is 9.74. The highest BCUT2D eigenvalue weighted by atomic mass is 79.9. The first-order chi connectivity index (χ1) is 9.54. The van der Waals surface area contributed by atoms with Crippen LogP contribution in [0.2, 0.25) is 0 Å². The van der Waals surface area contributed by atoms with E-state index in [-0.39, 0.29) is 5.84 Å². The van der Waals surface area contributed by atoms with Gasteiger partial charge < -0.3 is 10.6 Å². The van der Waals surface area contributed by atoms with E-state index < -0.39 is 0 Å². The molecule has 104 valence electrons. The van der Waals surface area contributed by atoms with E-state index in [1.807, 2.05) is 30.3 Å². The molecule has 0 saturated heterocycles. The SMILES string of the molecule is CCN(c1ccccc1C)c1ccc(C(=N)N)cc1Br. The van der Waals surface area contributed by atoms with Crippen molar-refractivity contribution < 1.29 is 0 Å². The van der Waals surface area contributed by atoms with E-state index in [1.165, 1.54) is 11.3 Å². The minimum Gasteiger partial charge on any atom is -0.384 e. The van der Waals surface area contributed by atoms with Gasteiger partial charge in [-0.05, 0) is 59.6 Å². The van der Waals surface area contributed by atoms with E-state index in [1.54, 1.807) is 0 Å². The lowest BCUT2D eigenvalue weighted by molar-refractivity contribution is 1.01. The highest BCUT2D eigenvalue weighted by molar-refractivity contribution is 9.10. The van der Waals surface area contributed by atoms with Crippen LogP contribution in [0.1, 0.15) is 18.1 Å². The zero-order chi connectivity index (χ0) is 14.7. The molecule has 3 nitrogen and oxygen atoms in total. The molecule has 0 fully saturated rings. The van der Waals surface area contributed by atoms with Crippen molar-refractivity contribution in [3.63, 3.8) is 0 Å². The van der Waals surface area contributed by atoms with Gasteiger partial charge in [-0.25, -0.2) is 0 Å². The van der Waals surface area contributed by atoms with Crippen molar-refractivity contribution in [3.8, 4) is 0 Å². The van der Waals surface area contributed by atoms with E-state index in [9.17, 15) is 0 Å². The lowest BCUT2D eigenvalue weighted by Crippen LogP contribution is -2.18. The smallest absolute Gasteiger partial charge is 0.122 e. The van der Waals surface area contributed by atoms with Gasteiger partial charge >= 0.3 is 0 Å². The van der Waals surface area contributed by atoms with Crippen LogP contribution in [0.4, 0.5) is 11.4 Å². The van der Waals surface area contributed by atoms with Gasteiger partial charge in [-0.3, -0.25) is 5.41 Å². The Bertz CT molecular complexity index is 637. The molecule has 0 saturated carbocycles. The van der Waals surface area contributed by atoms with Crippen LogP contribution in [0.3, 0.4) is 0 Å². The quantitative estimate of drug-likeness (QED) is 0.651. The summed E-state index contributed by atoms with van der Waals surface area (Å²) in [4.78, 5) is 2.24. The minimum atomic E-state index is 0.0798. The molecule has 0 radical (unpaired) electrons. The standard InChI is InChI=1S/C16H18BrN3/c1-3-20(14-7-5-4-6-11(14)2)15-9-8-12(16(18)19)10-13(15)17/h4-10H,3H2,1-2H3,(H3,18,19). The number of nitrogens with zero attached hydrogens (tertiary/aromatic N) is 1. The number of nitrogen functional groups attached to an aromatic ring is 1. The second kappa shape index (κ2) is 6.09. The van der Waals surface area contributed by atoms with Gasteiger partial charge in [-0.2, -0.15) is 0 Å². The third-order valence-electron chi connectivity index (χ3n) is 3.27. The van der Waals surface area contributed by atoms with Gasteiger partial charge in [0, 0.05) is 22.3 Å². The Labute approximate surface area is 128 Å². The fourth-order valence-corrected chi connectivity index (χ4v) is 2.82. The zero-order valence-electron chi connectivity index (χ0n) is 11.7. The lowest BCUT2D eigenvalue weighted by atomic mass is 10.1. The zero-order valence-corrected chi connectivity index (χ0v) is 13.2. The molecule has 0 aliphatic rings. The number of anilines is 2. The molecule has 20 heavy (non-hydrogen) atoms. The van der Waals surface area contributed by atoms with Crippen LogP contribution in [0.5, 0.6) is 0 Å². The molecule has 2 rings (SSSR count). The molecule has 0 amide bonds. The average molecular weight is 332 g/mol. The van der Waals surface area contributed by atoms with Crippen molar-refractivity contribution in [1.82, 2.24) is 0 Å². The van der Waals surface area contributed by atoms with Crippen molar-refractivity contribution in [2.24, 2.45) is 5.73 Å². The first kappa shape index (κ1) is 14.6. The molecular weight excluding hydrogens is 314 g/mol. The molecule has 4 heteroatoms. The van der Waals surface area contributed by atoms with E-state index in [0.717, 1.165) is 22.3 Å². The van der Waals surface area contributed by atoms with Gasteiger partial charge in [-0.15, -0.1) is 0 Å². The number of hydrogen-bond acceptors (Lipinski definition) is 2. The summed E-state index contributed by atoms with van der Waals surface area (Å²) in [6, 6.07) is 14.1. The molecule has 0 aromatic heterocycles. The van der Waals surface area contributed by atoms with Crippen LogP contribution >= 0.6 is 15.9 Å². The summed E-state index contributed by atoms with van der Waals surface area (Å²) >= 11 is 3.58. The number of rotatable bonds is 4. The van der Waals surface area contributed by atoms with Gasteiger partial charge in [0.25, 0.3) is 0 Å². The number of aryl methyl sites for hydroxylation is 1. The van der Waals surface area contributed by atoms with Crippen molar-refractivity contribution >= 4 is 33.1 Å². The van der Waals surface area contributed by atoms with Crippen LogP contribution in [0.15, 0.2) is 46.9 Å². The summed E-state index contributed by atoms with van der Waals surface area (Å²) < 4.78 is 0.940. The second-order valence-electron chi connectivity index (χ2n) is 4.61. The molecule has 0 bridgehead atoms. The van der Waals surface area contributed by atoms with E-state index >= 15 is 0 Å². The Morgan fingerprint density at radius 1 is 1.20 bits per heavy atom. The first-order valence-electron chi connectivity index (χ1n) is 6.51. The fraction of sp³-hybridized carbons (Fsp3) is 0.188. The summed E-state index contributed by atoms with van der Waals surface area (Å²) in [5.74, 6) is 0.0798. The number of halogens is 1. The summed E-state index contributed by atoms with van der Waals surface area (Å²) in [7, 11) is 0. The molecule has 0 unspecified atom stereocenters. The van der Waals surface area contributed by atoms with Gasteiger partial charge in [0.05, 0.1) is 5.69 Å². The fourth-order valence-electron chi connectivity index (χ4n) is 2.23. The van der Waals surface area contributed by atoms with Crippen LogP contribution in [-0.2, 0) is 0 Å². The minimum absolute atomic E-state index is 0.0798. The molecule has 2 aromatic rings. The van der Waals surface area contributed by atoms with Gasteiger partial charge in [0.1, 0.15) is 5.84 Å². The van der Waals surface area contributed by atoms with Crippen LogP contribution in [0, 0.1) is 12.3 Å². The topological polar surface area (TPSA) is 53.1 Å². The molecule has 0 atom stereocenters. The molecule has 2 aromatic carbocycles. The Morgan fingerprint density at radius 3 is 2.45 bits per heavy atom. The van der Waals surface area contributed by atoms with E-state index in [4.69, 9.17) is 11.1 Å². The largest absolute Gasteiger partial charge is 0.384 e. The monoisotopic (exact) mass is 331 g/mol. The van der Waals surface area contributed by atoms with Gasteiger partial charge in [-0.1, -0.05) is 18.2 Å². The summed E-state index contributed by atoms with van der Waals surface area (Å²) in [6.07, 6.45) is 0. The number of para-hydroxylation sites is 1. The Hall–Kier alpha value is -1.81. The van der Waals surface area contributed by atoms with Crippen LogP contribution in [0.25, 0.3) is 0 Å². The molecule has 0 spiro atoms. The maximum Gasteiger partial charge on any atom is 0.122 e. The van der Waals surface area contributed by atoms with E-state index in [0.29, 0.717) is 0 Å².